The maximum Gasteiger partial charge on any atom is 0.0900 e. The molecule has 0 saturated carbocycles. The predicted octanol–water partition coefficient (Wildman–Crippen LogP) is 2.44. The van der Waals surface area contributed by atoms with E-state index in [4.69, 9.17) is 9.47 Å². The summed E-state index contributed by atoms with van der Waals surface area (Å²) >= 11 is 0. The van der Waals surface area contributed by atoms with Crippen LogP contribution in [0.5, 0.6) is 0 Å². The molecule has 0 fully saturated rings. The molecule has 5 heteroatoms. The highest BCUT2D eigenvalue weighted by Gasteiger charge is 2.15. The SMILES string of the molecule is CCCCOCC(O)CN(CCCC)CC(O)COCCCC. The Morgan fingerprint density at radius 1 is 0.739 bits per heavy atom. The van der Waals surface area contributed by atoms with Gasteiger partial charge in [0, 0.05) is 26.3 Å². The highest BCUT2D eigenvalue weighted by Crippen LogP contribution is 2.02. The zero-order valence-corrected chi connectivity index (χ0v) is 15.5. The lowest BCUT2D eigenvalue weighted by Gasteiger charge is -2.27. The van der Waals surface area contributed by atoms with Crippen molar-refractivity contribution in [3.8, 4) is 0 Å². The zero-order valence-electron chi connectivity index (χ0n) is 15.5. The lowest BCUT2D eigenvalue weighted by Crippen LogP contribution is -2.41. The molecule has 23 heavy (non-hydrogen) atoms. The second-order valence-corrected chi connectivity index (χ2v) is 6.28. The van der Waals surface area contributed by atoms with E-state index in [0.717, 1.165) is 45.1 Å². The quantitative estimate of drug-likeness (QED) is 0.400. The van der Waals surface area contributed by atoms with Crippen LogP contribution in [0.2, 0.25) is 0 Å². The first-order valence-electron chi connectivity index (χ1n) is 9.37. The molecule has 140 valence electrons. The van der Waals surface area contributed by atoms with E-state index in [-0.39, 0.29) is 0 Å². The summed E-state index contributed by atoms with van der Waals surface area (Å²) in [7, 11) is 0. The van der Waals surface area contributed by atoms with Crippen molar-refractivity contribution in [2.24, 2.45) is 0 Å². The third kappa shape index (κ3) is 15.1. The largest absolute Gasteiger partial charge is 0.389 e. The van der Waals surface area contributed by atoms with Crippen molar-refractivity contribution in [1.29, 1.82) is 0 Å². The molecule has 2 unspecified atom stereocenters. The molecule has 0 aliphatic carbocycles. The van der Waals surface area contributed by atoms with Gasteiger partial charge >= 0.3 is 0 Å². The highest BCUT2D eigenvalue weighted by atomic mass is 16.5. The Morgan fingerprint density at radius 3 is 1.57 bits per heavy atom. The van der Waals surface area contributed by atoms with Crippen LogP contribution in [0.1, 0.15) is 59.3 Å². The summed E-state index contributed by atoms with van der Waals surface area (Å²) in [4.78, 5) is 2.12. The van der Waals surface area contributed by atoms with Crippen molar-refractivity contribution in [3.05, 3.63) is 0 Å². The summed E-state index contributed by atoms with van der Waals surface area (Å²) in [5.41, 5.74) is 0. The van der Waals surface area contributed by atoms with Crippen LogP contribution < -0.4 is 0 Å². The van der Waals surface area contributed by atoms with Gasteiger partial charge in [-0.2, -0.15) is 0 Å². The molecule has 0 bridgehead atoms. The van der Waals surface area contributed by atoms with Crippen LogP contribution in [0.25, 0.3) is 0 Å². The second kappa shape index (κ2) is 16.7. The van der Waals surface area contributed by atoms with Crippen LogP contribution in [0.15, 0.2) is 0 Å². The Morgan fingerprint density at radius 2 is 1.17 bits per heavy atom. The summed E-state index contributed by atoms with van der Waals surface area (Å²) in [6.07, 6.45) is 5.41. The molecular formula is C18H39NO4. The van der Waals surface area contributed by atoms with Crippen molar-refractivity contribution in [3.63, 3.8) is 0 Å². The molecule has 0 heterocycles. The van der Waals surface area contributed by atoms with Crippen LogP contribution >= 0.6 is 0 Å². The third-order valence-electron chi connectivity index (χ3n) is 3.67. The fourth-order valence-corrected chi connectivity index (χ4v) is 2.27. The van der Waals surface area contributed by atoms with E-state index in [1.54, 1.807) is 0 Å². The normalized spacial score (nSPS) is 14.3. The average Bonchev–Trinajstić information content (AvgIpc) is 2.53. The van der Waals surface area contributed by atoms with E-state index in [0.29, 0.717) is 39.5 Å². The van der Waals surface area contributed by atoms with Gasteiger partial charge in [0.2, 0.25) is 0 Å². The fraction of sp³-hybridized carbons (Fsp3) is 1.00. The van der Waals surface area contributed by atoms with Gasteiger partial charge < -0.3 is 19.7 Å². The number of hydrogen-bond acceptors (Lipinski definition) is 5. The Balaban J connectivity index is 4.02. The van der Waals surface area contributed by atoms with E-state index in [2.05, 4.69) is 25.7 Å². The molecule has 0 spiro atoms. The number of aliphatic hydroxyl groups is 2. The third-order valence-corrected chi connectivity index (χ3v) is 3.67. The fourth-order valence-electron chi connectivity index (χ4n) is 2.27. The number of hydrogen-bond donors (Lipinski definition) is 2. The van der Waals surface area contributed by atoms with Crippen molar-refractivity contribution in [2.75, 3.05) is 46.1 Å². The van der Waals surface area contributed by atoms with Gasteiger partial charge in [0.25, 0.3) is 0 Å². The molecule has 0 radical (unpaired) electrons. The van der Waals surface area contributed by atoms with Gasteiger partial charge in [0.05, 0.1) is 25.4 Å². The van der Waals surface area contributed by atoms with Gasteiger partial charge in [-0.05, 0) is 25.8 Å². The summed E-state index contributed by atoms with van der Waals surface area (Å²) in [6.45, 7) is 10.5. The van der Waals surface area contributed by atoms with Crippen molar-refractivity contribution < 1.29 is 19.7 Å². The average molecular weight is 334 g/mol. The van der Waals surface area contributed by atoms with Gasteiger partial charge in [0.1, 0.15) is 0 Å². The molecule has 0 aliphatic heterocycles. The summed E-state index contributed by atoms with van der Waals surface area (Å²) in [6, 6.07) is 0. The Bertz CT molecular complexity index is 221. The predicted molar refractivity (Wildman–Crippen MR) is 94.8 cm³/mol. The van der Waals surface area contributed by atoms with Crippen LogP contribution in [0.3, 0.4) is 0 Å². The molecule has 0 aromatic heterocycles. The maximum atomic E-state index is 10.1. The van der Waals surface area contributed by atoms with Crippen LogP contribution in [0, 0.1) is 0 Å². The van der Waals surface area contributed by atoms with Gasteiger partial charge in [-0.15, -0.1) is 0 Å². The Labute approximate surface area is 143 Å². The lowest BCUT2D eigenvalue weighted by atomic mass is 10.2. The van der Waals surface area contributed by atoms with E-state index in [9.17, 15) is 10.2 Å². The molecule has 5 nitrogen and oxygen atoms in total. The molecule has 0 amide bonds. The molecule has 0 aromatic carbocycles. The Kier molecular flexibility index (Phi) is 16.5. The van der Waals surface area contributed by atoms with E-state index >= 15 is 0 Å². The molecule has 2 N–H and O–H groups in total. The van der Waals surface area contributed by atoms with Crippen LogP contribution in [-0.2, 0) is 9.47 Å². The molecule has 0 aromatic rings. The molecular weight excluding hydrogens is 294 g/mol. The number of rotatable bonds is 17. The highest BCUT2D eigenvalue weighted by molar-refractivity contribution is 4.69. The van der Waals surface area contributed by atoms with E-state index in [1.807, 2.05) is 0 Å². The van der Waals surface area contributed by atoms with E-state index < -0.39 is 12.2 Å². The first-order valence-corrected chi connectivity index (χ1v) is 9.37. The minimum atomic E-state index is -0.503. The number of nitrogens with zero attached hydrogens (tertiary/aromatic N) is 1. The molecule has 0 rings (SSSR count). The molecule has 0 saturated heterocycles. The van der Waals surface area contributed by atoms with Gasteiger partial charge in [-0.25, -0.2) is 0 Å². The van der Waals surface area contributed by atoms with Gasteiger partial charge in [-0.1, -0.05) is 40.0 Å². The van der Waals surface area contributed by atoms with Gasteiger partial charge in [-0.3, -0.25) is 4.90 Å². The van der Waals surface area contributed by atoms with Crippen molar-refractivity contribution in [2.45, 2.75) is 71.5 Å². The van der Waals surface area contributed by atoms with Crippen molar-refractivity contribution >= 4 is 0 Å². The summed E-state index contributed by atoms with van der Waals surface area (Å²) < 4.78 is 10.9. The Hall–Kier alpha value is -0.200. The molecule has 0 aliphatic rings. The number of ether oxygens (including phenoxy) is 2. The van der Waals surface area contributed by atoms with Crippen LogP contribution in [0.4, 0.5) is 0 Å². The minimum absolute atomic E-state index is 0.367. The summed E-state index contributed by atoms with van der Waals surface area (Å²) in [5, 5.41) is 20.2. The van der Waals surface area contributed by atoms with Crippen molar-refractivity contribution in [1.82, 2.24) is 4.90 Å². The topological polar surface area (TPSA) is 62.2 Å². The van der Waals surface area contributed by atoms with Crippen LogP contribution in [-0.4, -0.2) is 73.4 Å². The standard InChI is InChI=1S/C18H39NO4/c1-4-7-10-19(13-17(20)15-22-11-8-5-2)14-18(21)16-23-12-9-6-3/h17-18,20-21H,4-16H2,1-3H3. The molecule has 2 atom stereocenters. The van der Waals surface area contributed by atoms with Gasteiger partial charge in [0.15, 0.2) is 0 Å². The lowest BCUT2D eigenvalue weighted by molar-refractivity contribution is -0.0109. The zero-order chi connectivity index (χ0) is 17.3. The smallest absolute Gasteiger partial charge is 0.0900 e. The van der Waals surface area contributed by atoms with E-state index in [1.165, 1.54) is 0 Å². The first-order chi connectivity index (χ1) is 11.1. The number of aliphatic hydroxyl groups excluding tert-OH is 2. The minimum Gasteiger partial charge on any atom is -0.389 e. The maximum absolute atomic E-state index is 10.1. The number of unbranched alkanes of at least 4 members (excludes halogenated alkanes) is 3. The second-order valence-electron chi connectivity index (χ2n) is 6.28. The monoisotopic (exact) mass is 333 g/mol. The summed E-state index contributed by atoms with van der Waals surface area (Å²) in [5.74, 6) is 0. The first kappa shape index (κ1) is 22.8.